The maximum atomic E-state index is 13.8. The standard InChI is InChI=1S/C32H36BrN3O4/c1-8-21(6)40-30-26(33)15-22(16-29(30)39-9-2)18-34-36-31(35-27-13-11-10-12-23(27)32(36)37)25-17-24(19(3)4)28(38-7)14-20(25)5/h10-19,21H,8-9H2,1-7H3/t21-/m1/s1. The van der Waals surface area contributed by atoms with E-state index in [0.29, 0.717) is 34.8 Å². The van der Waals surface area contributed by atoms with Crippen LogP contribution in [0.2, 0.25) is 0 Å². The van der Waals surface area contributed by atoms with Crippen LogP contribution >= 0.6 is 15.9 Å². The Morgan fingerprint density at radius 3 is 2.50 bits per heavy atom. The number of nitrogens with zero attached hydrogens (tertiary/aromatic N) is 3. The van der Waals surface area contributed by atoms with Crippen molar-refractivity contribution in [3.63, 3.8) is 0 Å². The maximum absolute atomic E-state index is 13.8. The Kier molecular flexibility index (Phi) is 9.30. The van der Waals surface area contributed by atoms with Gasteiger partial charge in [-0.1, -0.05) is 32.9 Å². The molecule has 0 aliphatic rings. The van der Waals surface area contributed by atoms with E-state index in [-0.39, 0.29) is 17.6 Å². The van der Waals surface area contributed by atoms with Crippen molar-refractivity contribution in [2.75, 3.05) is 13.7 Å². The summed E-state index contributed by atoms with van der Waals surface area (Å²) in [5.41, 5.74) is 3.89. The monoisotopic (exact) mass is 605 g/mol. The van der Waals surface area contributed by atoms with Gasteiger partial charge in [-0.2, -0.15) is 9.78 Å². The summed E-state index contributed by atoms with van der Waals surface area (Å²) < 4.78 is 19.8. The highest BCUT2D eigenvalue weighted by molar-refractivity contribution is 9.10. The Morgan fingerprint density at radius 1 is 1.07 bits per heavy atom. The van der Waals surface area contributed by atoms with Gasteiger partial charge in [-0.25, -0.2) is 4.98 Å². The molecule has 0 amide bonds. The van der Waals surface area contributed by atoms with Gasteiger partial charge in [-0.15, -0.1) is 0 Å². The number of benzene rings is 3. The molecule has 4 aromatic rings. The zero-order chi connectivity index (χ0) is 29.0. The summed E-state index contributed by atoms with van der Waals surface area (Å²) >= 11 is 3.64. The highest BCUT2D eigenvalue weighted by Gasteiger charge is 2.19. The lowest BCUT2D eigenvalue weighted by Crippen LogP contribution is -2.21. The summed E-state index contributed by atoms with van der Waals surface area (Å²) in [4.78, 5) is 18.7. The van der Waals surface area contributed by atoms with Crippen LogP contribution in [0.3, 0.4) is 0 Å². The molecule has 210 valence electrons. The van der Waals surface area contributed by atoms with E-state index in [1.54, 1.807) is 19.4 Å². The SMILES string of the molecule is CCOc1cc(C=Nn2c(-c3cc(C(C)C)c(OC)cc3C)nc3ccccc3c2=O)cc(Br)c1O[C@H](C)CC. The van der Waals surface area contributed by atoms with Crippen LogP contribution in [0.1, 0.15) is 63.6 Å². The van der Waals surface area contributed by atoms with E-state index < -0.39 is 0 Å². The number of para-hydroxylation sites is 1. The summed E-state index contributed by atoms with van der Waals surface area (Å²) in [6.07, 6.45) is 2.54. The Bertz CT molecular complexity index is 1610. The van der Waals surface area contributed by atoms with E-state index in [2.05, 4.69) is 41.8 Å². The lowest BCUT2D eigenvalue weighted by molar-refractivity contribution is 0.202. The number of fused-ring (bicyclic) bond motifs is 1. The van der Waals surface area contributed by atoms with Gasteiger partial charge in [0.1, 0.15) is 5.75 Å². The van der Waals surface area contributed by atoms with Crippen molar-refractivity contribution in [1.29, 1.82) is 0 Å². The highest BCUT2D eigenvalue weighted by Crippen LogP contribution is 2.38. The zero-order valence-corrected chi connectivity index (χ0v) is 25.7. The topological polar surface area (TPSA) is 74.9 Å². The van der Waals surface area contributed by atoms with Gasteiger partial charge in [0.25, 0.3) is 5.56 Å². The maximum Gasteiger partial charge on any atom is 0.282 e. The molecule has 0 fully saturated rings. The molecule has 0 spiro atoms. The second kappa shape index (κ2) is 12.7. The molecule has 0 radical (unpaired) electrons. The first-order valence-corrected chi connectivity index (χ1v) is 14.4. The molecule has 0 saturated carbocycles. The molecule has 3 aromatic carbocycles. The van der Waals surface area contributed by atoms with Crippen molar-refractivity contribution < 1.29 is 14.2 Å². The summed E-state index contributed by atoms with van der Waals surface area (Å²) in [6, 6.07) is 15.1. The Balaban J connectivity index is 1.91. The van der Waals surface area contributed by atoms with E-state index in [4.69, 9.17) is 19.2 Å². The van der Waals surface area contributed by atoms with Crippen molar-refractivity contribution in [2.45, 2.75) is 60.0 Å². The lowest BCUT2D eigenvalue weighted by Gasteiger charge is -2.18. The van der Waals surface area contributed by atoms with E-state index >= 15 is 0 Å². The largest absolute Gasteiger partial charge is 0.496 e. The highest BCUT2D eigenvalue weighted by atomic mass is 79.9. The summed E-state index contributed by atoms with van der Waals surface area (Å²) in [7, 11) is 1.67. The zero-order valence-electron chi connectivity index (χ0n) is 24.1. The van der Waals surface area contributed by atoms with Gasteiger partial charge >= 0.3 is 0 Å². The van der Waals surface area contributed by atoms with Gasteiger partial charge in [-0.05, 0) is 102 Å². The van der Waals surface area contributed by atoms with Crippen molar-refractivity contribution in [1.82, 2.24) is 9.66 Å². The first kappa shape index (κ1) is 29.3. The molecule has 0 saturated heterocycles. The third-order valence-corrected chi connectivity index (χ3v) is 7.33. The van der Waals surface area contributed by atoms with E-state index in [9.17, 15) is 4.79 Å². The van der Waals surface area contributed by atoms with E-state index in [1.807, 2.05) is 63.2 Å². The van der Waals surface area contributed by atoms with Crippen LogP contribution in [0.5, 0.6) is 17.2 Å². The van der Waals surface area contributed by atoms with Gasteiger partial charge in [0.15, 0.2) is 17.3 Å². The van der Waals surface area contributed by atoms with Crippen LogP contribution in [0.25, 0.3) is 22.3 Å². The number of rotatable bonds is 10. The molecule has 1 aromatic heterocycles. The van der Waals surface area contributed by atoms with Crippen LogP contribution in [0.4, 0.5) is 0 Å². The van der Waals surface area contributed by atoms with Crippen molar-refractivity contribution in [2.24, 2.45) is 5.10 Å². The van der Waals surface area contributed by atoms with Crippen molar-refractivity contribution in [3.8, 4) is 28.6 Å². The third-order valence-electron chi connectivity index (χ3n) is 6.74. The average molecular weight is 607 g/mol. The second-order valence-electron chi connectivity index (χ2n) is 9.98. The van der Waals surface area contributed by atoms with Gasteiger partial charge in [0, 0.05) is 5.56 Å². The first-order chi connectivity index (χ1) is 19.2. The lowest BCUT2D eigenvalue weighted by atomic mass is 9.96. The van der Waals surface area contributed by atoms with Crippen LogP contribution in [0, 0.1) is 6.92 Å². The van der Waals surface area contributed by atoms with Crippen LogP contribution < -0.4 is 19.8 Å². The predicted molar refractivity (Wildman–Crippen MR) is 166 cm³/mol. The molecule has 1 heterocycles. The fourth-order valence-corrected chi connectivity index (χ4v) is 4.97. The Hall–Kier alpha value is -3.65. The minimum atomic E-state index is -0.251. The number of ether oxygens (including phenoxy) is 3. The molecular formula is C32H36BrN3O4. The molecule has 0 unspecified atom stereocenters. The third kappa shape index (κ3) is 6.07. The fraction of sp³-hybridized carbons (Fsp3) is 0.344. The number of methoxy groups -OCH3 is 1. The van der Waals surface area contributed by atoms with Crippen molar-refractivity contribution in [3.05, 3.63) is 80.0 Å². The number of hydrogen-bond donors (Lipinski definition) is 0. The van der Waals surface area contributed by atoms with E-state index in [0.717, 1.165) is 38.9 Å². The second-order valence-corrected chi connectivity index (χ2v) is 10.8. The number of aromatic nitrogens is 2. The fourth-order valence-electron chi connectivity index (χ4n) is 4.42. The van der Waals surface area contributed by atoms with Gasteiger partial charge in [-0.3, -0.25) is 4.79 Å². The molecule has 0 aliphatic heterocycles. The van der Waals surface area contributed by atoms with Gasteiger partial charge in [0.2, 0.25) is 0 Å². The normalized spacial score (nSPS) is 12.3. The number of aryl methyl sites for hydroxylation is 1. The Labute approximate surface area is 243 Å². The average Bonchev–Trinajstić information content (AvgIpc) is 2.94. The predicted octanol–water partition coefficient (Wildman–Crippen LogP) is 7.72. The minimum absolute atomic E-state index is 0.0308. The van der Waals surface area contributed by atoms with Gasteiger partial charge < -0.3 is 14.2 Å². The molecule has 1 atom stereocenters. The minimum Gasteiger partial charge on any atom is -0.496 e. The molecule has 0 N–H and O–H groups in total. The molecular weight excluding hydrogens is 570 g/mol. The Morgan fingerprint density at radius 2 is 1.82 bits per heavy atom. The summed E-state index contributed by atoms with van der Waals surface area (Å²) in [6.45, 7) is 12.7. The molecule has 4 rings (SSSR count). The summed E-state index contributed by atoms with van der Waals surface area (Å²) in [5.74, 6) is 2.73. The van der Waals surface area contributed by atoms with Crippen LogP contribution in [-0.4, -0.2) is 35.7 Å². The molecule has 7 nitrogen and oxygen atoms in total. The number of hydrogen-bond acceptors (Lipinski definition) is 6. The van der Waals surface area contributed by atoms with E-state index in [1.165, 1.54) is 4.68 Å². The van der Waals surface area contributed by atoms with Crippen LogP contribution in [0.15, 0.2) is 62.9 Å². The molecule has 0 aliphatic carbocycles. The molecule has 8 heteroatoms. The first-order valence-electron chi connectivity index (χ1n) is 13.6. The quantitative estimate of drug-likeness (QED) is 0.173. The van der Waals surface area contributed by atoms with Crippen molar-refractivity contribution >= 4 is 33.0 Å². The number of halogens is 1. The van der Waals surface area contributed by atoms with Crippen LogP contribution in [-0.2, 0) is 0 Å². The van der Waals surface area contributed by atoms with Gasteiger partial charge in [0.05, 0.1) is 41.4 Å². The molecule has 0 bridgehead atoms. The summed E-state index contributed by atoms with van der Waals surface area (Å²) in [5, 5.41) is 5.17. The molecule has 40 heavy (non-hydrogen) atoms. The smallest absolute Gasteiger partial charge is 0.282 e.